The molecule has 1 N–H and O–H groups in total. The fourth-order valence-electron chi connectivity index (χ4n) is 3.01. The summed E-state index contributed by atoms with van der Waals surface area (Å²) in [7, 11) is -5.88. The number of fused-ring (bicyclic) bond motifs is 1. The molecule has 140 valence electrons. The van der Waals surface area contributed by atoms with Gasteiger partial charge < -0.3 is 9.84 Å². The first-order valence-corrected chi connectivity index (χ1v) is 9.09. The highest BCUT2D eigenvalue weighted by atomic mass is 32.2. The monoisotopic (exact) mass is 386 g/mol. The molecule has 0 heterocycles. The van der Waals surface area contributed by atoms with E-state index in [1.54, 1.807) is 0 Å². The van der Waals surface area contributed by atoms with Crippen molar-refractivity contribution in [3.8, 4) is 5.75 Å². The summed E-state index contributed by atoms with van der Waals surface area (Å²) in [6, 6.07) is 1.52. The summed E-state index contributed by atoms with van der Waals surface area (Å²) in [6.07, 6.45) is -0.888. The van der Waals surface area contributed by atoms with Gasteiger partial charge in [-0.05, 0) is 30.9 Å². The van der Waals surface area contributed by atoms with Gasteiger partial charge >= 0.3 is 5.51 Å². The van der Waals surface area contributed by atoms with E-state index >= 15 is 0 Å². The first kappa shape index (κ1) is 18.4. The molecule has 25 heavy (non-hydrogen) atoms. The lowest BCUT2D eigenvalue weighted by molar-refractivity contribution is -0.0978. The fourth-order valence-corrected chi connectivity index (χ4v) is 4.03. The molecule has 1 fully saturated rings. The van der Waals surface area contributed by atoms with Gasteiger partial charge in [-0.2, -0.15) is 13.2 Å². The zero-order valence-electron chi connectivity index (χ0n) is 12.8. The van der Waals surface area contributed by atoms with Crippen molar-refractivity contribution in [1.29, 1.82) is 0 Å². The Morgan fingerprint density at radius 3 is 2.40 bits per heavy atom. The van der Waals surface area contributed by atoms with Crippen molar-refractivity contribution in [2.45, 2.75) is 48.1 Å². The van der Waals surface area contributed by atoms with Crippen LogP contribution >= 0.6 is 0 Å². The van der Waals surface area contributed by atoms with Crippen LogP contribution in [0.2, 0.25) is 0 Å². The number of aliphatic hydroxyl groups excluding tert-OH is 1. The molecule has 1 aromatic carbocycles. The Morgan fingerprint density at radius 2 is 1.88 bits per heavy atom. The maximum absolute atomic E-state index is 13.9. The second kappa shape index (κ2) is 5.80. The second-order valence-corrected chi connectivity index (χ2v) is 8.26. The van der Waals surface area contributed by atoms with Crippen LogP contribution in [0.5, 0.6) is 5.75 Å². The average Bonchev–Trinajstić information content (AvgIpc) is 2.67. The number of aliphatic hydroxyl groups is 1. The molecule has 0 saturated heterocycles. The smallest absolute Gasteiger partial charge is 0.493 e. The minimum Gasteiger partial charge on any atom is -0.493 e. The maximum Gasteiger partial charge on any atom is 0.501 e. The van der Waals surface area contributed by atoms with Gasteiger partial charge in [0.15, 0.2) is 0 Å². The van der Waals surface area contributed by atoms with Gasteiger partial charge in [-0.15, -0.1) is 0 Å². The predicted molar refractivity (Wildman–Crippen MR) is 76.1 cm³/mol. The van der Waals surface area contributed by atoms with Crippen molar-refractivity contribution >= 4 is 9.84 Å². The molecule has 0 aliphatic heterocycles. The lowest BCUT2D eigenvalue weighted by Crippen LogP contribution is -2.26. The van der Waals surface area contributed by atoms with E-state index in [-0.39, 0.29) is 23.8 Å². The zero-order chi connectivity index (χ0) is 18.6. The summed E-state index contributed by atoms with van der Waals surface area (Å²) >= 11 is 0. The molecule has 0 spiro atoms. The van der Waals surface area contributed by atoms with E-state index in [2.05, 4.69) is 0 Å². The number of benzene rings is 1. The highest BCUT2D eigenvalue weighted by Crippen LogP contribution is 2.50. The lowest BCUT2D eigenvalue weighted by Gasteiger charge is -2.26. The van der Waals surface area contributed by atoms with Gasteiger partial charge in [-0.25, -0.2) is 17.2 Å². The standard InChI is InChI=1S/C15H15F5O4S/c16-14(17)6-9-10(24-7-8-2-1-3-8)4-5-11(12(9)13(14)21)25(22,23)15(18,19)20/h4-5,8,13,21H,1-3,6-7H2/t13-/m0/s1. The van der Waals surface area contributed by atoms with E-state index in [0.29, 0.717) is 6.07 Å². The normalized spacial score (nSPS) is 23.2. The molecule has 0 radical (unpaired) electrons. The summed E-state index contributed by atoms with van der Waals surface area (Å²) < 4.78 is 95.0. The molecular formula is C15H15F5O4S. The van der Waals surface area contributed by atoms with Crippen LogP contribution in [0, 0.1) is 5.92 Å². The highest BCUT2D eigenvalue weighted by Gasteiger charge is 2.55. The number of hydrogen-bond donors (Lipinski definition) is 1. The molecule has 4 nitrogen and oxygen atoms in total. The Labute approximate surface area is 140 Å². The molecular weight excluding hydrogens is 371 g/mol. The number of rotatable bonds is 4. The van der Waals surface area contributed by atoms with E-state index in [4.69, 9.17) is 4.74 Å². The molecule has 1 atom stereocenters. The van der Waals surface area contributed by atoms with Gasteiger partial charge in [0.05, 0.1) is 11.5 Å². The molecule has 0 bridgehead atoms. The van der Waals surface area contributed by atoms with Gasteiger partial charge in [-0.1, -0.05) is 6.42 Å². The molecule has 10 heteroatoms. The van der Waals surface area contributed by atoms with Gasteiger partial charge in [0.1, 0.15) is 11.9 Å². The van der Waals surface area contributed by atoms with Crippen LogP contribution in [0.15, 0.2) is 17.0 Å². The van der Waals surface area contributed by atoms with Crippen LogP contribution in [-0.4, -0.2) is 31.6 Å². The largest absolute Gasteiger partial charge is 0.501 e. The first-order valence-electron chi connectivity index (χ1n) is 7.61. The van der Waals surface area contributed by atoms with Crippen molar-refractivity contribution in [1.82, 2.24) is 0 Å². The maximum atomic E-state index is 13.9. The number of hydrogen-bond acceptors (Lipinski definition) is 4. The minimum absolute atomic E-state index is 0.112. The zero-order valence-corrected chi connectivity index (χ0v) is 13.6. The Kier molecular flexibility index (Phi) is 4.26. The van der Waals surface area contributed by atoms with E-state index in [1.807, 2.05) is 0 Å². The third-order valence-corrected chi connectivity index (χ3v) is 6.20. The van der Waals surface area contributed by atoms with Gasteiger partial charge in [-0.3, -0.25) is 0 Å². The SMILES string of the molecule is O=S(=O)(c1ccc(OCC2CCC2)c2c1[C@H](O)C(F)(F)C2)C(F)(F)F. The fraction of sp³-hybridized carbons (Fsp3) is 0.600. The van der Waals surface area contributed by atoms with Crippen LogP contribution in [0.1, 0.15) is 36.5 Å². The van der Waals surface area contributed by atoms with Gasteiger partial charge in [0.2, 0.25) is 0 Å². The lowest BCUT2D eigenvalue weighted by atomic mass is 9.86. The number of halogens is 5. The van der Waals surface area contributed by atoms with Crippen LogP contribution in [-0.2, 0) is 16.3 Å². The van der Waals surface area contributed by atoms with E-state index in [1.165, 1.54) is 0 Å². The summed E-state index contributed by atoms with van der Waals surface area (Å²) in [4.78, 5) is -1.35. The summed E-state index contributed by atoms with van der Waals surface area (Å²) in [6.45, 7) is 0.208. The summed E-state index contributed by atoms with van der Waals surface area (Å²) in [5.41, 5.74) is -6.97. The van der Waals surface area contributed by atoms with E-state index in [9.17, 15) is 35.5 Å². The Bertz CT molecular complexity index is 784. The molecule has 0 amide bonds. The second-order valence-electron chi connectivity index (χ2n) is 6.35. The summed E-state index contributed by atoms with van der Waals surface area (Å²) in [5.74, 6) is -3.64. The number of sulfone groups is 1. The van der Waals surface area contributed by atoms with Crippen molar-refractivity contribution in [3.05, 3.63) is 23.3 Å². The Morgan fingerprint density at radius 1 is 1.24 bits per heavy atom. The third kappa shape index (κ3) is 2.99. The summed E-state index contributed by atoms with van der Waals surface area (Å²) in [5, 5.41) is 9.74. The van der Waals surface area contributed by atoms with Crippen LogP contribution in [0.3, 0.4) is 0 Å². The number of ether oxygens (including phenoxy) is 1. The van der Waals surface area contributed by atoms with Crippen molar-refractivity contribution < 1.29 is 40.2 Å². The van der Waals surface area contributed by atoms with Crippen molar-refractivity contribution in [2.75, 3.05) is 6.61 Å². The first-order chi connectivity index (χ1) is 11.4. The van der Waals surface area contributed by atoms with Crippen molar-refractivity contribution in [2.24, 2.45) is 5.92 Å². The predicted octanol–water partition coefficient (Wildman–Crippen LogP) is 3.38. The highest BCUT2D eigenvalue weighted by molar-refractivity contribution is 7.92. The Balaban J connectivity index is 2.07. The molecule has 1 aromatic rings. The molecule has 2 aliphatic carbocycles. The van der Waals surface area contributed by atoms with E-state index in [0.717, 1.165) is 25.3 Å². The number of alkyl halides is 5. The average molecular weight is 386 g/mol. The van der Waals surface area contributed by atoms with Crippen LogP contribution in [0.25, 0.3) is 0 Å². The molecule has 3 rings (SSSR count). The third-order valence-electron chi connectivity index (χ3n) is 4.65. The quantitative estimate of drug-likeness (QED) is 0.806. The van der Waals surface area contributed by atoms with Gasteiger partial charge in [0, 0.05) is 17.5 Å². The van der Waals surface area contributed by atoms with Crippen molar-refractivity contribution in [3.63, 3.8) is 0 Å². The van der Waals surface area contributed by atoms with Gasteiger partial charge in [0.25, 0.3) is 15.8 Å². The molecule has 1 saturated carbocycles. The van der Waals surface area contributed by atoms with E-state index < -0.39 is 44.3 Å². The van der Waals surface area contributed by atoms with Crippen LogP contribution < -0.4 is 4.74 Å². The Hall–Kier alpha value is -1.42. The molecule has 0 unspecified atom stereocenters. The van der Waals surface area contributed by atoms with Crippen LogP contribution in [0.4, 0.5) is 22.0 Å². The molecule has 0 aromatic heterocycles. The topological polar surface area (TPSA) is 63.6 Å². The minimum atomic E-state index is -5.88. The molecule has 2 aliphatic rings.